The Balaban J connectivity index is -0.000000169. The second-order valence-electron chi connectivity index (χ2n) is 6.91. The van der Waals surface area contributed by atoms with Crippen LogP contribution in [0.15, 0.2) is 48.1 Å². The fraction of sp³-hybridized carbons (Fsp3) is 0.500. The molecule has 0 saturated carbocycles. The topological polar surface area (TPSA) is 138 Å². The average molecular weight is 457 g/mol. The first-order valence-corrected chi connectivity index (χ1v) is 10.1. The number of carboxylic acids is 3. The van der Waals surface area contributed by atoms with Crippen LogP contribution in [0.2, 0.25) is 0 Å². The Hall–Kier alpha value is -3.16. The van der Waals surface area contributed by atoms with Crippen LogP contribution in [0.5, 0.6) is 0 Å². The maximum Gasteiger partial charge on any atom is 0.333 e. The van der Waals surface area contributed by atoms with Crippen LogP contribution >= 0.6 is 0 Å². The minimum atomic E-state index is -0.981. The Kier molecular flexibility index (Phi) is 27.3. The van der Waals surface area contributed by atoms with Crippen molar-refractivity contribution in [3.63, 3.8) is 0 Å². The Labute approximate surface area is 192 Å². The third-order valence-corrected chi connectivity index (χ3v) is 3.26. The van der Waals surface area contributed by atoms with E-state index >= 15 is 0 Å². The molecule has 0 bridgehead atoms. The number of aliphatic carboxylic acids is 3. The zero-order chi connectivity index (χ0) is 26.3. The molecule has 0 atom stereocenters. The number of hydrogen-bond donors (Lipinski definition) is 3. The summed E-state index contributed by atoms with van der Waals surface area (Å²) >= 11 is 0. The van der Waals surface area contributed by atoms with Crippen LogP contribution in [-0.4, -0.2) is 45.8 Å². The van der Waals surface area contributed by atoms with Gasteiger partial charge in [-0.15, -0.1) is 0 Å². The van der Waals surface area contributed by atoms with Gasteiger partial charge < -0.3 is 20.1 Å². The van der Waals surface area contributed by atoms with E-state index < -0.39 is 17.9 Å². The average Bonchev–Trinajstić information content (AvgIpc) is 2.72. The Morgan fingerprint density at radius 3 is 1.62 bits per heavy atom. The third kappa shape index (κ3) is 34.4. The number of unbranched alkanes of at least 4 members (excludes halogenated alkanes) is 1. The van der Waals surface area contributed by atoms with E-state index in [9.17, 15) is 19.2 Å². The van der Waals surface area contributed by atoms with Crippen molar-refractivity contribution in [2.75, 3.05) is 6.61 Å². The quantitative estimate of drug-likeness (QED) is 0.242. The van der Waals surface area contributed by atoms with Crippen molar-refractivity contribution in [2.45, 2.75) is 67.7 Å². The van der Waals surface area contributed by atoms with Gasteiger partial charge in [-0.25, -0.2) is 19.2 Å². The molecule has 0 aliphatic heterocycles. The van der Waals surface area contributed by atoms with Gasteiger partial charge in [-0.2, -0.15) is 0 Å². The highest BCUT2D eigenvalue weighted by molar-refractivity contribution is 5.87. The number of carbonyl (C=O) groups is 4. The standard InChI is InChI=1S/2C8H14O2.C5H8O2.C3H4O2/c1-6(2)4-5-7(3)8(9)10;1-4-5-6-10-8(9)7(2)3;1-3-4(2)5(6)7;1-2-3(4)5/h5-6H,4H2,1-3H3,(H,9,10);2,4-6H2,1,3H3;3H,1-2H3,(H,6,7);2H,1H2,(H,4,5). The largest absolute Gasteiger partial charge is 0.478 e. The van der Waals surface area contributed by atoms with Crippen molar-refractivity contribution in [2.24, 2.45) is 5.92 Å². The van der Waals surface area contributed by atoms with Gasteiger partial charge >= 0.3 is 23.9 Å². The fourth-order valence-corrected chi connectivity index (χ4v) is 1.06. The van der Waals surface area contributed by atoms with Crippen LogP contribution in [-0.2, 0) is 23.9 Å². The lowest BCUT2D eigenvalue weighted by Gasteiger charge is -2.01. The molecule has 0 unspecified atom stereocenters. The van der Waals surface area contributed by atoms with Crippen LogP contribution in [0, 0.1) is 5.92 Å². The number of rotatable bonds is 9. The summed E-state index contributed by atoms with van der Waals surface area (Å²) in [7, 11) is 0. The summed E-state index contributed by atoms with van der Waals surface area (Å²) in [6.07, 6.45) is 6.97. The van der Waals surface area contributed by atoms with Crippen LogP contribution in [0.3, 0.4) is 0 Å². The van der Waals surface area contributed by atoms with E-state index in [2.05, 4.69) is 33.9 Å². The van der Waals surface area contributed by atoms with Gasteiger partial charge in [0.15, 0.2) is 0 Å². The van der Waals surface area contributed by atoms with Crippen LogP contribution in [0.4, 0.5) is 0 Å². The SMILES string of the molecule is C=C(C)C(=O)OCCCC.C=CC(=O)O.CC(=CCC(C)C)C(=O)O.CC=C(C)C(=O)O. The van der Waals surface area contributed by atoms with Gasteiger partial charge in [-0.1, -0.05) is 52.5 Å². The molecule has 184 valence electrons. The first kappa shape index (κ1) is 36.2. The molecule has 8 heteroatoms. The lowest BCUT2D eigenvalue weighted by molar-refractivity contribution is -0.139. The van der Waals surface area contributed by atoms with Crippen molar-refractivity contribution in [3.05, 3.63) is 48.1 Å². The summed E-state index contributed by atoms with van der Waals surface area (Å²) < 4.78 is 4.81. The minimum absolute atomic E-state index is 0.284. The van der Waals surface area contributed by atoms with Crippen molar-refractivity contribution >= 4 is 23.9 Å². The second kappa shape index (κ2) is 24.1. The molecule has 0 aromatic rings. The Morgan fingerprint density at radius 1 is 0.969 bits per heavy atom. The monoisotopic (exact) mass is 456 g/mol. The summed E-state index contributed by atoms with van der Waals surface area (Å²) in [4.78, 5) is 40.1. The first-order chi connectivity index (χ1) is 14.7. The zero-order valence-corrected chi connectivity index (χ0v) is 20.4. The molecule has 0 saturated heterocycles. The molecule has 0 aromatic heterocycles. The molecule has 8 nitrogen and oxygen atoms in total. The highest BCUT2D eigenvalue weighted by Crippen LogP contribution is 2.03. The van der Waals surface area contributed by atoms with Gasteiger partial charge in [0, 0.05) is 22.8 Å². The van der Waals surface area contributed by atoms with E-state index in [0.717, 1.165) is 25.3 Å². The number of allylic oxidation sites excluding steroid dienone is 2. The fourth-order valence-electron chi connectivity index (χ4n) is 1.06. The molecule has 0 aliphatic carbocycles. The number of ether oxygens (including phenoxy) is 1. The lowest BCUT2D eigenvalue weighted by atomic mass is 10.1. The van der Waals surface area contributed by atoms with Gasteiger partial charge in [-0.3, -0.25) is 0 Å². The highest BCUT2D eigenvalue weighted by atomic mass is 16.5. The van der Waals surface area contributed by atoms with Gasteiger partial charge in [0.1, 0.15) is 0 Å². The van der Waals surface area contributed by atoms with Crippen molar-refractivity contribution in [1.29, 1.82) is 0 Å². The molecule has 0 aliphatic rings. The van der Waals surface area contributed by atoms with Crippen molar-refractivity contribution < 1.29 is 39.2 Å². The summed E-state index contributed by atoms with van der Waals surface area (Å²) in [5.41, 5.74) is 1.30. The van der Waals surface area contributed by atoms with E-state index in [1.54, 1.807) is 39.8 Å². The number of esters is 1. The molecule has 0 heterocycles. The maximum absolute atomic E-state index is 10.7. The highest BCUT2D eigenvalue weighted by Gasteiger charge is 2.00. The Bertz CT molecular complexity index is 655. The molecule has 0 spiro atoms. The minimum Gasteiger partial charge on any atom is -0.478 e. The Morgan fingerprint density at radius 2 is 1.41 bits per heavy atom. The van der Waals surface area contributed by atoms with E-state index in [1.807, 2.05) is 0 Å². The molecule has 32 heavy (non-hydrogen) atoms. The lowest BCUT2D eigenvalue weighted by Crippen LogP contribution is -2.05. The summed E-state index contributed by atoms with van der Waals surface area (Å²) in [5.74, 6) is -2.39. The second-order valence-corrected chi connectivity index (χ2v) is 6.91. The van der Waals surface area contributed by atoms with Gasteiger partial charge in [0.2, 0.25) is 0 Å². The molecular formula is C24H40O8. The maximum atomic E-state index is 10.7. The predicted octanol–water partition coefficient (Wildman–Crippen LogP) is 5.26. The van der Waals surface area contributed by atoms with Crippen LogP contribution in [0.1, 0.15) is 67.7 Å². The normalized spacial score (nSPS) is 10.1. The number of carbonyl (C=O) groups excluding carboxylic acids is 1. The smallest absolute Gasteiger partial charge is 0.333 e. The van der Waals surface area contributed by atoms with E-state index in [1.165, 1.54) is 0 Å². The molecule has 3 N–H and O–H groups in total. The third-order valence-electron chi connectivity index (χ3n) is 3.26. The zero-order valence-electron chi connectivity index (χ0n) is 20.4. The molecular weight excluding hydrogens is 416 g/mol. The molecule has 0 fully saturated rings. The molecule has 0 radical (unpaired) electrons. The number of hydrogen-bond acceptors (Lipinski definition) is 5. The molecule has 0 rings (SSSR count). The molecule has 0 aromatic carbocycles. The van der Waals surface area contributed by atoms with Gasteiger partial charge in [-0.05, 0) is 46.5 Å². The van der Waals surface area contributed by atoms with Gasteiger partial charge in [0.25, 0.3) is 0 Å². The van der Waals surface area contributed by atoms with E-state index in [-0.39, 0.29) is 5.97 Å². The van der Waals surface area contributed by atoms with Crippen LogP contribution in [0.25, 0.3) is 0 Å². The summed E-state index contributed by atoms with van der Waals surface area (Å²) in [6.45, 7) is 19.6. The summed E-state index contributed by atoms with van der Waals surface area (Å²) in [5, 5.41) is 24.1. The molecule has 0 amide bonds. The first-order valence-electron chi connectivity index (χ1n) is 10.1. The predicted molar refractivity (Wildman–Crippen MR) is 126 cm³/mol. The van der Waals surface area contributed by atoms with Crippen LogP contribution < -0.4 is 0 Å². The van der Waals surface area contributed by atoms with E-state index in [0.29, 0.717) is 29.2 Å². The van der Waals surface area contributed by atoms with Crippen molar-refractivity contribution in [3.8, 4) is 0 Å². The van der Waals surface area contributed by atoms with E-state index in [4.69, 9.17) is 20.1 Å². The van der Waals surface area contributed by atoms with Gasteiger partial charge in [0.05, 0.1) is 6.61 Å². The van der Waals surface area contributed by atoms with Crippen molar-refractivity contribution in [1.82, 2.24) is 0 Å². The number of carboxylic acid groups (broad SMARTS) is 3. The summed E-state index contributed by atoms with van der Waals surface area (Å²) in [6, 6.07) is 0.